The van der Waals surface area contributed by atoms with Gasteiger partial charge in [0.1, 0.15) is 12.4 Å². The second-order valence-corrected chi connectivity index (χ2v) is 5.14. The Morgan fingerprint density at radius 1 is 1.19 bits per heavy atom. The number of rotatable bonds is 7. The number of ether oxygens (including phenoxy) is 2. The van der Waals surface area contributed by atoms with Crippen LogP contribution in [0.3, 0.4) is 0 Å². The summed E-state index contributed by atoms with van der Waals surface area (Å²) in [5.41, 5.74) is 2.12. The fourth-order valence-corrected chi connectivity index (χ4v) is 1.92. The number of pyridine rings is 1. The largest absolute Gasteiger partial charge is 0.497 e. The standard InChI is InChI=1S/C17H22N2O2/c1-13(2)19-11-15-7-5-9-18-17(15)21-12-14-6-4-8-16(10-14)20-3/h4-10,13,19H,11-12H2,1-3H3. The van der Waals surface area contributed by atoms with Gasteiger partial charge in [-0.2, -0.15) is 0 Å². The van der Waals surface area contributed by atoms with Gasteiger partial charge in [-0.1, -0.05) is 32.0 Å². The maximum atomic E-state index is 5.85. The Kier molecular flexibility index (Phi) is 5.58. The molecule has 0 unspecified atom stereocenters. The van der Waals surface area contributed by atoms with Crippen molar-refractivity contribution in [2.45, 2.75) is 33.0 Å². The van der Waals surface area contributed by atoms with Gasteiger partial charge in [-0.25, -0.2) is 4.98 Å². The van der Waals surface area contributed by atoms with Crippen molar-refractivity contribution in [3.63, 3.8) is 0 Å². The molecule has 1 heterocycles. The molecule has 1 N–H and O–H groups in total. The van der Waals surface area contributed by atoms with Gasteiger partial charge in [-0.15, -0.1) is 0 Å². The Balaban J connectivity index is 2.02. The van der Waals surface area contributed by atoms with Crippen molar-refractivity contribution >= 4 is 0 Å². The van der Waals surface area contributed by atoms with Gasteiger partial charge < -0.3 is 14.8 Å². The van der Waals surface area contributed by atoms with Crippen molar-refractivity contribution < 1.29 is 9.47 Å². The lowest BCUT2D eigenvalue weighted by Crippen LogP contribution is -2.22. The van der Waals surface area contributed by atoms with E-state index >= 15 is 0 Å². The van der Waals surface area contributed by atoms with Gasteiger partial charge in [0.05, 0.1) is 7.11 Å². The molecule has 1 aromatic heterocycles. The maximum Gasteiger partial charge on any atom is 0.218 e. The molecule has 4 nitrogen and oxygen atoms in total. The highest BCUT2D eigenvalue weighted by Crippen LogP contribution is 2.18. The van der Waals surface area contributed by atoms with E-state index in [1.165, 1.54) is 0 Å². The lowest BCUT2D eigenvalue weighted by molar-refractivity contribution is 0.288. The van der Waals surface area contributed by atoms with Crippen LogP contribution in [0, 0.1) is 0 Å². The summed E-state index contributed by atoms with van der Waals surface area (Å²) in [4.78, 5) is 4.32. The zero-order valence-corrected chi connectivity index (χ0v) is 12.8. The summed E-state index contributed by atoms with van der Waals surface area (Å²) in [6.45, 7) is 5.46. The predicted molar refractivity (Wildman–Crippen MR) is 83.5 cm³/mol. The molecule has 0 aliphatic rings. The zero-order valence-electron chi connectivity index (χ0n) is 12.8. The van der Waals surface area contributed by atoms with Crippen LogP contribution in [0.25, 0.3) is 0 Å². The SMILES string of the molecule is COc1cccc(COc2ncccc2CNC(C)C)c1. The molecule has 0 radical (unpaired) electrons. The minimum absolute atomic E-state index is 0.427. The Bertz CT molecular complexity index is 570. The van der Waals surface area contributed by atoms with Gasteiger partial charge in [0, 0.05) is 24.3 Å². The number of aromatic nitrogens is 1. The average molecular weight is 286 g/mol. The minimum Gasteiger partial charge on any atom is -0.497 e. The first kappa shape index (κ1) is 15.3. The van der Waals surface area contributed by atoms with Crippen LogP contribution < -0.4 is 14.8 Å². The normalized spacial score (nSPS) is 10.7. The molecule has 0 spiro atoms. The summed E-state index contributed by atoms with van der Waals surface area (Å²) in [5, 5.41) is 3.38. The smallest absolute Gasteiger partial charge is 0.218 e. The second-order valence-electron chi connectivity index (χ2n) is 5.14. The summed E-state index contributed by atoms with van der Waals surface area (Å²) in [6.07, 6.45) is 1.75. The lowest BCUT2D eigenvalue weighted by atomic mass is 10.2. The number of methoxy groups -OCH3 is 1. The third kappa shape index (κ3) is 4.76. The summed E-state index contributed by atoms with van der Waals surface area (Å²) in [5.74, 6) is 1.51. The third-order valence-corrected chi connectivity index (χ3v) is 3.06. The molecule has 0 amide bonds. The van der Waals surface area contributed by atoms with E-state index in [-0.39, 0.29) is 0 Å². The van der Waals surface area contributed by atoms with Crippen LogP contribution >= 0.6 is 0 Å². The van der Waals surface area contributed by atoms with E-state index < -0.39 is 0 Å². The van der Waals surface area contributed by atoms with E-state index in [9.17, 15) is 0 Å². The molecular weight excluding hydrogens is 264 g/mol. The number of hydrogen-bond acceptors (Lipinski definition) is 4. The molecule has 21 heavy (non-hydrogen) atoms. The highest BCUT2D eigenvalue weighted by atomic mass is 16.5. The molecule has 0 saturated carbocycles. The van der Waals surface area contributed by atoms with Gasteiger partial charge in [0.2, 0.25) is 5.88 Å². The van der Waals surface area contributed by atoms with Crippen molar-refractivity contribution in [1.82, 2.24) is 10.3 Å². The van der Waals surface area contributed by atoms with E-state index in [4.69, 9.17) is 9.47 Å². The van der Waals surface area contributed by atoms with Crippen molar-refractivity contribution in [2.24, 2.45) is 0 Å². The predicted octanol–water partition coefficient (Wildman–Crippen LogP) is 3.17. The van der Waals surface area contributed by atoms with E-state index in [0.29, 0.717) is 18.5 Å². The number of hydrogen-bond donors (Lipinski definition) is 1. The molecule has 0 fully saturated rings. The van der Waals surface area contributed by atoms with E-state index in [1.807, 2.05) is 36.4 Å². The van der Waals surface area contributed by atoms with Crippen LogP contribution in [-0.4, -0.2) is 18.1 Å². The first-order chi connectivity index (χ1) is 10.2. The van der Waals surface area contributed by atoms with Crippen LogP contribution in [0.5, 0.6) is 11.6 Å². The molecule has 112 valence electrons. The van der Waals surface area contributed by atoms with E-state index in [2.05, 4.69) is 24.1 Å². The summed E-state index contributed by atoms with van der Waals surface area (Å²) >= 11 is 0. The molecular formula is C17H22N2O2. The van der Waals surface area contributed by atoms with Crippen molar-refractivity contribution in [1.29, 1.82) is 0 Å². The van der Waals surface area contributed by atoms with Crippen molar-refractivity contribution in [3.05, 3.63) is 53.7 Å². The molecule has 2 rings (SSSR count). The van der Waals surface area contributed by atoms with Crippen LogP contribution in [0.15, 0.2) is 42.6 Å². The zero-order chi connectivity index (χ0) is 15.1. The Morgan fingerprint density at radius 2 is 2.05 bits per heavy atom. The fraction of sp³-hybridized carbons (Fsp3) is 0.353. The van der Waals surface area contributed by atoms with Crippen LogP contribution in [-0.2, 0) is 13.2 Å². The van der Waals surface area contributed by atoms with Gasteiger partial charge >= 0.3 is 0 Å². The third-order valence-electron chi connectivity index (χ3n) is 3.06. The highest BCUT2D eigenvalue weighted by Gasteiger charge is 2.06. The molecule has 1 aromatic carbocycles. The van der Waals surface area contributed by atoms with Crippen LogP contribution in [0.1, 0.15) is 25.0 Å². The Morgan fingerprint density at radius 3 is 2.81 bits per heavy atom. The molecule has 4 heteroatoms. The highest BCUT2D eigenvalue weighted by molar-refractivity contribution is 5.29. The van der Waals surface area contributed by atoms with Crippen LogP contribution in [0.2, 0.25) is 0 Å². The Labute approximate surface area is 126 Å². The summed E-state index contributed by atoms with van der Waals surface area (Å²) < 4.78 is 11.1. The maximum absolute atomic E-state index is 5.85. The van der Waals surface area contributed by atoms with Crippen molar-refractivity contribution in [2.75, 3.05) is 7.11 Å². The first-order valence-corrected chi connectivity index (χ1v) is 7.12. The fourth-order valence-electron chi connectivity index (χ4n) is 1.92. The number of benzene rings is 1. The molecule has 0 bridgehead atoms. The van der Waals surface area contributed by atoms with Gasteiger partial charge in [-0.3, -0.25) is 0 Å². The monoisotopic (exact) mass is 286 g/mol. The summed E-state index contributed by atoms with van der Waals surface area (Å²) in [6, 6.07) is 12.2. The quantitative estimate of drug-likeness (QED) is 0.849. The van der Waals surface area contributed by atoms with E-state index in [1.54, 1.807) is 13.3 Å². The minimum atomic E-state index is 0.427. The van der Waals surface area contributed by atoms with Gasteiger partial charge in [0.15, 0.2) is 0 Å². The van der Waals surface area contributed by atoms with Crippen LogP contribution in [0.4, 0.5) is 0 Å². The topological polar surface area (TPSA) is 43.4 Å². The Hall–Kier alpha value is -2.07. The number of nitrogens with one attached hydrogen (secondary N) is 1. The molecule has 0 atom stereocenters. The summed E-state index contributed by atoms with van der Waals surface area (Å²) in [7, 11) is 1.66. The van der Waals surface area contributed by atoms with Gasteiger partial charge in [0.25, 0.3) is 0 Å². The molecule has 0 saturated heterocycles. The molecule has 2 aromatic rings. The van der Waals surface area contributed by atoms with Crippen molar-refractivity contribution in [3.8, 4) is 11.6 Å². The van der Waals surface area contributed by atoms with Gasteiger partial charge in [-0.05, 0) is 23.8 Å². The molecule has 0 aliphatic heterocycles. The average Bonchev–Trinajstić information content (AvgIpc) is 2.52. The first-order valence-electron chi connectivity index (χ1n) is 7.12. The lowest BCUT2D eigenvalue weighted by Gasteiger charge is -2.13. The van der Waals surface area contributed by atoms with E-state index in [0.717, 1.165) is 23.4 Å². The number of nitrogens with zero attached hydrogens (tertiary/aromatic N) is 1. The molecule has 0 aliphatic carbocycles. The second kappa shape index (κ2) is 7.64.